The van der Waals surface area contributed by atoms with Crippen molar-refractivity contribution in [3.05, 3.63) is 0 Å². The third-order valence-electron chi connectivity index (χ3n) is 3.80. The van der Waals surface area contributed by atoms with E-state index in [1.807, 2.05) is 6.92 Å². The lowest BCUT2D eigenvalue weighted by atomic mass is 10.1. The monoisotopic (exact) mass is 306 g/mol. The van der Waals surface area contributed by atoms with E-state index in [1.54, 1.807) is 0 Å². The number of nitrogens with two attached hydrogens (primary N) is 1. The summed E-state index contributed by atoms with van der Waals surface area (Å²) >= 11 is 0. The molecule has 6 heteroatoms. The molecule has 0 aromatic heterocycles. The van der Waals surface area contributed by atoms with Gasteiger partial charge in [-0.25, -0.2) is 0 Å². The minimum absolute atomic E-state index is 0. The first-order chi connectivity index (χ1) is 9.17. The molecule has 1 amide bonds. The second-order valence-corrected chi connectivity index (χ2v) is 5.32. The molecule has 1 unspecified atom stereocenters. The predicted molar refractivity (Wildman–Crippen MR) is 86.3 cm³/mol. The first-order valence-corrected chi connectivity index (χ1v) is 7.65. The van der Waals surface area contributed by atoms with E-state index in [0.29, 0.717) is 0 Å². The smallest absolute Gasteiger partial charge is 0.236 e. The molecule has 0 saturated carbocycles. The van der Waals surface area contributed by atoms with E-state index in [4.69, 9.17) is 5.73 Å². The number of nitrogens with zero attached hydrogens (tertiary/aromatic N) is 2. The average Bonchev–Trinajstić information content (AvgIpc) is 2.44. The molecule has 0 aromatic rings. The molecular weight excluding hydrogens is 276 g/mol. The van der Waals surface area contributed by atoms with E-state index in [9.17, 15) is 4.79 Å². The first kappa shape index (κ1) is 19.6. The summed E-state index contributed by atoms with van der Waals surface area (Å²) in [6.45, 7) is 11.9. The van der Waals surface area contributed by atoms with Crippen LogP contribution in [0.4, 0.5) is 0 Å². The molecule has 1 rings (SSSR count). The van der Waals surface area contributed by atoms with E-state index in [2.05, 4.69) is 22.0 Å². The number of hydrogen-bond acceptors (Lipinski definition) is 4. The minimum atomic E-state index is -0.335. The average molecular weight is 307 g/mol. The summed E-state index contributed by atoms with van der Waals surface area (Å²) in [5.41, 5.74) is 5.76. The second-order valence-electron chi connectivity index (χ2n) is 5.32. The van der Waals surface area contributed by atoms with Crippen molar-refractivity contribution < 1.29 is 4.79 Å². The fourth-order valence-corrected chi connectivity index (χ4v) is 2.42. The predicted octanol–water partition coefficient (Wildman–Crippen LogP) is 0.679. The number of hydrogen-bond donors (Lipinski definition) is 2. The number of nitrogens with one attached hydrogen (secondary N) is 1. The van der Waals surface area contributed by atoms with Crippen LogP contribution in [0.3, 0.4) is 0 Å². The van der Waals surface area contributed by atoms with Gasteiger partial charge in [-0.1, -0.05) is 20.3 Å². The molecule has 1 aliphatic rings. The van der Waals surface area contributed by atoms with Crippen LogP contribution in [0.5, 0.6) is 0 Å². The Labute approximate surface area is 129 Å². The number of amides is 1. The normalized spacial score (nSPS) is 18.4. The van der Waals surface area contributed by atoms with Crippen molar-refractivity contribution in [1.29, 1.82) is 0 Å². The van der Waals surface area contributed by atoms with Crippen LogP contribution in [0.15, 0.2) is 0 Å². The highest BCUT2D eigenvalue weighted by molar-refractivity contribution is 5.85. The Kier molecular flexibility index (Phi) is 11.1. The van der Waals surface area contributed by atoms with Gasteiger partial charge in [-0.2, -0.15) is 0 Å². The lowest BCUT2D eigenvalue weighted by Gasteiger charge is -2.34. The molecule has 0 radical (unpaired) electrons. The van der Waals surface area contributed by atoms with Crippen molar-refractivity contribution >= 4 is 18.3 Å². The van der Waals surface area contributed by atoms with Crippen LogP contribution >= 0.6 is 12.4 Å². The van der Waals surface area contributed by atoms with Crippen molar-refractivity contribution in [2.75, 3.05) is 45.8 Å². The summed E-state index contributed by atoms with van der Waals surface area (Å²) in [4.78, 5) is 16.6. The summed E-state index contributed by atoms with van der Waals surface area (Å²) in [6.07, 6.45) is 2.73. The van der Waals surface area contributed by atoms with Gasteiger partial charge in [0.1, 0.15) is 0 Å². The summed E-state index contributed by atoms with van der Waals surface area (Å²) in [7, 11) is 0. The molecule has 0 spiro atoms. The largest absolute Gasteiger partial charge is 0.355 e. The van der Waals surface area contributed by atoms with Crippen LogP contribution in [0.25, 0.3) is 0 Å². The molecular formula is C14H31ClN4O. The highest BCUT2D eigenvalue weighted by Crippen LogP contribution is 2.01. The van der Waals surface area contributed by atoms with Gasteiger partial charge in [0.05, 0.1) is 6.04 Å². The zero-order chi connectivity index (χ0) is 14.1. The van der Waals surface area contributed by atoms with Gasteiger partial charge in [-0.05, 0) is 25.9 Å². The Balaban J connectivity index is 0.00000361. The molecule has 1 atom stereocenters. The van der Waals surface area contributed by atoms with Gasteiger partial charge in [-0.3, -0.25) is 4.79 Å². The first-order valence-electron chi connectivity index (χ1n) is 7.65. The molecule has 0 bridgehead atoms. The molecule has 0 aromatic carbocycles. The summed E-state index contributed by atoms with van der Waals surface area (Å²) < 4.78 is 0. The molecule has 120 valence electrons. The van der Waals surface area contributed by atoms with Crippen LogP contribution in [0.1, 0.15) is 33.1 Å². The molecule has 5 nitrogen and oxygen atoms in total. The summed E-state index contributed by atoms with van der Waals surface area (Å²) in [5.74, 6) is -0.00217. The maximum absolute atomic E-state index is 11.6. The van der Waals surface area contributed by atoms with Gasteiger partial charge < -0.3 is 20.9 Å². The lowest BCUT2D eigenvalue weighted by Crippen LogP contribution is -2.47. The van der Waals surface area contributed by atoms with Gasteiger partial charge in [-0.15, -0.1) is 12.4 Å². The molecule has 1 heterocycles. The van der Waals surface area contributed by atoms with E-state index in [0.717, 1.165) is 52.0 Å². The topological polar surface area (TPSA) is 61.6 Å². The third-order valence-corrected chi connectivity index (χ3v) is 3.80. The van der Waals surface area contributed by atoms with Gasteiger partial charge in [0.2, 0.25) is 5.91 Å². The Bertz CT molecular complexity index is 258. The number of carbonyl (C=O) groups is 1. The Morgan fingerprint density at radius 2 is 1.80 bits per heavy atom. The molecule has 20 heavy (non-hydrogen) atoms. The van der Waals surface area contributed by atoms with Crippen LogP contribution in [0, 0.1) is 0 Å². The fourth-order valence-electron chi connectivity index (χ4n) is 2.42. The number of piperazine rings is 1. The highest BCUT2D eigenvalue weighted by Gasteiger charge is 2.15. The van der Waals surface area contributed by atoms with E-state index in [1.165, 1.54) is 13.1 Å². The zero-order valence-electron chi connectivity index (χ0n) is 12.9. The van der Waals surface area contributed by atoms with Crippen LogP contribution in [-0.4, -0.2) is 67.6 Å². The number of carbonyl (C=O) groups excluding carboxylic acids is 1. The summed E-state index contributed by atoms with van der Waals surface area (Å²) in [6, 6.07) is -0.335. The van der Waals surface area contributed by atoms with Crippen molar-refractivity contribution in [2.24, 2.45) is 5.73 Å². The maximum Gasteiger partial charge on any atom is 0.236 e. The van der Waals surface area contributed by atoms with Crippen LogP contribution in [-0.2, 0) is 4.79 Å². The van der Waals surface area contributed by atoms with Gasteiger partial charge in [0, 0.05) is 32.7 Å². The van der Waals surface area contributed by atoms with Crippen LogP contribution < -0.4 is 11.1 Å². The molecule has 1 aliphatic heterocycles. The fraction of sp³-hybridized carbons (Fsp3) is 0.929. The van der Waals surface area contributed by atoms with Crippen molar-refractivity contribution in [3.63, 3.8) is 0 Å². The highest BCUT2D eigenvalue weighted by atomic mass is 35.5. The van der Waals surface area contributed by atoms with E-state index >= 15 is 0 Å². The molecule has 1 saturated heterocycles. The third kappa shape index (κ3) is 7.43. The Morgan fingerprint density at radius 3 is 2.35 bits per heavy atom. The maximum atomic E-state index is 11.6. The number of rotatable bonds is 8. The van der Waals surface area contributed by atoms with Gasteiger partial charge in [0.15, 0.2) is 0 Å². The van der Waals surface area contributed by atoms with Gasteiger partial charge in [0.25, 0.3) is 0 Å². The number of likely N-dealkylation sites (N-methyl/N-ethyl adjacent to an activating group) is 1. The molecule has 3 N–H and O–H groups in total. The lowest BCUT2D eigenvalue weighted by molar-refractivity contribution is -0.122. The molecule has 0 aliphatic carbocycles. The Morgan fingerprint density at radius 1 is 1.20 bits per heavy atom. The van der Waals surface area contributed by atoms with E-state index in [-0.39, 0.29) is 24.4 Å². The summed E-state index contributed by atoms with van der Waals surface area (Å²) in [5, 5.41) is 2.93. The SMILES string of the molecule is CCCC(N)C(=O)NCCCN1CCN(CC)CC1.Cl. The van der Waals surface area contributed by atoms with Crippen molar-refractivity contribution in [1.82, 2.24) is 15.1 Å². The van der Waals surface area contributed by atoms with Crippen molar-refractivity contribution in [3.8, 4) is 0 Å². The quantitative estimate of drug-likeness (QED) is 0.648. The number of halogens is 1. The van der Waals surface area contributed by atoms with Gasteiger partial charge >= 0.3 is 0 Å². The van der Waals surface area contributed by atoms with E-state index < -0.39 is 0 Å². The minimum Gasteiger partial charge on any atom is -0.355 e. The standard InChI is InChI=1S/C14H30N4O.ClH/c1-3-6-13(15)14(19)16-7-5-8-18-11-9-17(4-2)10-12-18;/h13H,3-12,15H2,1-2H3,(H,16,19);1H. The molecule has 1 fully saturated rings. The van der Waals surface area contributed by atoms with Crippen LogP contribution in [0.2, 0.25) is 0 Å². The zero-order valence-corrected chi connectivity index (χ0v) is 13.8. The Hall–Kier alpha value is -0.360. The second kappa shape index (κ2) is 11.3. The van der Waals surface area contributed by atoms with Crippen molar-refractivity contribution in [2.45, 2.75) is 39.2 Å².